The summed E-state index contributed by atoms with van der Waals surface area (Å²) in [6.07, 6.45) is 2.88. The molecule has 3 rings (SSSR count). The number of ketones is 1. The molecule has 0 saturated heterocycles. The van der Waals surface area contributed by atoms with Gasteiger partial charge in [0.1, 0.15) is 5.75 Å². The number of hydrogen-bond donors (Lipinski definition) is 2. The van der Waals surface area contributed by atoms with Crippen LogP contribution in [-0.2, 0) is 6.54 Å². The number of aromatic amines is 1. The Balaban J connectivity index is 1.79. The number of carbonyl (C=O) groups excluding carboxylic acids is 1. The number of aliphatic hydroxyl groups excluding tert-OH is 1. The molecule has 2 aromatic heterocycles. The Morgan fingerprint density at radius 3 is 2.79 bits per heavy atom. The first-order valence-electron chi connectivity index (χ1n) is 7.14. The van der Waals surface area contributed by atoms with Gasteiger partial charge in [0.05, 0.1) is 12.8 Å². The highest BCUT2D eigenvalue weighted by Gasteiger charge is 2.13. The summed E-state index contributed by atoms with van der Waals surface area (Å²) in [4.78, 5) is 12.4. The monoisotopic (exact) mass is 325 g/mol. The normalized spacial score (nSPS) is 11.5. The number of allylic oxidation sites excluding steroid dienone is 1. The van der Waals surface area contributed by atoms with Crippen molar-refractivity contribution in [1.82, 2.24) is 25.2 Å². The van der Waals surface area contributed by atoms with E-state index in [9.17, 15) is 9.90 Å². The maximum absolute atomic E-state index is 12.4. The van der Waals surface area contributed by atoms with E-state index in [4.69, 9.17) is 4.74 Å². The van der Waals surface area contributed by atoms with Gasteiger partial charge in [-0.15, -0.1) is 10.2 Å². The average Bonchev–Trinajstić information content (AvgIpc) is 3.27. The van der Waals surface area contributed by atoms with Crippen molar-refractivity contribution in [2.75, 3.05) is 7.11 Å². The Hall–Kier alpha value is -3.42. The molecule has 0 saturated carbocycles. The zero-order valence-electron chi connectivity index (χ0n) is 12.9. The van der Waals surface area contributed by atoms with E-state index in [2.05, 4.69) is 20.6 Å². The summed E-state index contributed by atoms with van der Waals surface area (Å²) >= 11 is 0. The lowest BCUT2D eigenvalue weighted by Gasteiger charge is -2.08. The van der Waals surface area contributed by atoms with E-state index < -0.39 is 0 Å². The zero-order chi connectivity index (χ0) is 16.9. The van der Waals surface area contributed by atoms with Gasteiger partial charge in [-0.2, -0.15) is 5.21 Å². The number of methoxy groups -OCH3 is 1. The van der Waals surface area contributed by atoms with Crippen LogP contribution in [0.4, 0.5) is 0 Å². The second-order valence-electron chi connectivity index (χ2n) is 5.00. The molecule has 8 nitrogen and oxygen atoms in total. The summed E-state index contributed by atoms with van der Waals surface area (Å²) in [7, 11) is 1.61. The van der Waals surface area contributed by atoms with E-state index in [1.54, 1.807) is 30.0 Å². The second-order valence-corrected chi connectivity index (χ2v) is 5.00. The van der Waals surface area contributed by atoms with Gasteiger partial charge in [-0.3, -0.25) is 4.79 Å². The van der Waals surface area contributed by atoms with E-state index in [0.29, 0.717) is 12.2 Å². The maximum atomic E-state index is 12.4. The first kappa shape index (κ1) is 15.5. The smallest absolute Gasteiger partial charge is 0.239 e. The molecule has 122 valence electrons. The van der Waals surface area contributed by atoms with E-state index >= 15 is 0 Å². The van der Waals surface area contributed by atoms with E-state index in [1.165, 1.54) is 0 Å². The fraction of sp³-hybridized carbons (Fsp3) is 0.125. The molecule has 2 N–H and O–H groups in total. The van der Waals surface area contributed by atoms with Gasteiger partial charge < -0.3 is 14.4 Å². The molecule has 24 heavy (non-hydrogen) atoms. The van der Waals surface area contributed by atoms with Gasteiger partial charge in [0.15, 0.2) is 5.76 Å². The Bertz CT molecular complexity index is 850. The minimum atomic E-state index is -0.351. The fourth-order valence-electron chi connectivity index (χ4n) is 2.24. The average molecular weight is 325 g/mol. The maximum Gasteiger partial charge on any atom is 0.239 e. The highest BCUT2D eigenvalue weighted by Crippen LogP contribution is 2.15. The lowest BCUT2D eigenvalue weighted by atomic mass is 10.2. The van der Waals surface area contributed by atoms with Crippen molar-refractivity contribution in [2.45, 2.75) is 6.54 Å². The minimum Gasteiger partial charge on any atom is -0.504 e. The molecular formula is C16H15N5O3. The Morgan fingerprint density at radius 1 is 1.33 bits per heavy atom. The molecule has 0 radical (unpaired) electrons. The van der Waals surface area contributed by atoms with Crippen LogP contribution in [0.5, 0.6) is 5.75 Å². The van der Waals surface area contributed by atoms with Crippen LogP contribution >= 0.6 is 0 Å². The number of rotatable bonds is 6. The van der Waals surface area contributed by atoms with Crippen molar-refractivity contribution >= 4 is 11.5 Å². The number of carbonyl (C=O) groups is 1. The molecule has 8 heteroatoms. The number of tetrazole rings is 1. The molecule has 0 fully saturated rings. The summed E-state index contributed by atoms with van der Waals surface area (Å²) in [5, 5.41) is 22.6. The van der Waals surface area contributed by atoms with Gasteiger partial charge >= 0.3 is 0 Å². The van der Waals surface area contributed by atoms with Crippen molar-refractivity contribution in [1.29, 1.82) is 0 Å². The summed E-state index contributed by atoms with van der Waals surface area (Å²) in [6, 6.07) is 11.0. The van der Waals surface area contributed by atoms with E-state index in [1.807, 2.05) is 24.3 Å². The minimum absolute atomic E-state index is 0.0309. The van der Waals surface area contributed by atoms with E-state index in [-0.39, 0.29) is 17.4 Å². The van der Waals surface area contributed by atoms with Gasteiger partial charge in [0, 0.05) is 18.8 Å². The number of benzene rings is 1. The third-order valence-electron chi connectivity index (χ3n) is 3.44. The van der Waals surface area contributed by atoms with Crippen molar-refractivity contribution in [2.24, 2.45) is 0 Å². The molecule has 0 aliphatic heterocycles. The fourth-order valence-corrected chi connectivity index (χ4v) is 2.24. The van der Waals surface area contributed by atoms with Crippen molar-refractivity contribution < 1.29 is 14.6 Å². The van der Waals surface area contributed by atoms with Crippen molar-refractivity contribution in [3.8, 4) is 5.75 Å². The van der Waals surface area contributed by atoms with Gasteiger partial charge in [0.2, 0.25) is 11.6 Å². The third kappa shape index (κ3) is 3.32. The summed E-state index contributed by atoms with van der Waals surface area (Å²) in [6.45, 7) is 0.523. The Kier molecular flexibility index (Phi) is 4.37. The topological polar surface area (TPSA) is 106 Å². The van der Waals surface area contributed by atoms with Gasteiger partial charge in [0.25, 0.3) is 0 Å². The van der Waals surface area contributed by atoms with Gasteiger partial charge in [-0.1, -0.05) is 12.1 Å². The predicted molar refractivity (Wildman–Crippen MR) is 85.6 cm³/mol. The van der Waals surface area contributed by atoms with Crippen molar-refractivity contribution in [3.63, 3.8) is 0 Å². The van der Waals surface area contributed by atoms with Crippen LogP contribution < -0.4 is 4.74 Å². The molecule has 0 aliphatic carbocycles. The SMILES string of the molecule is COc1ccc(Cn2cccc2C(=O)C=C(O)c2nn[nH]n2)cc1. The molecule has 0 amide bonds. The summed E-state index contributed by atoms with van der Waals surface area (Å²) in [5.74, 6) is 0.0499. The van der Waals surface area contributed by atoms with Gasteiger partial charge in [-0.25, -0.2) is 0 Å². The first-order chi connectivity index (χ1) is 11.7. The molecular weight excluding hydrogens is 310 g/mol. The number of nitrogens with one attached hydrogen (secondary N) is 1. The van der Waals surface area contributed by atoms with Crippen LogP contribution in [0.25, 0.3) is 5.76 Å². The molecule has 0 bridgehead atoms. The van der Waals surface area contributed by atoms with Crippen LogP contribution in [0.1, 0.15) is 21.9 Å². The molecule has 0 unspecified atom stereocenters. The Labute approximate surface area is 137 Å². The van der Waals surface area contributed by atoms with Crippen LogP contribution in [0.3, 0.4) is 0 Å². The number of aromatic nitrogens is 5. The van der Waals surface area contributed by atoms with E-state index in [0.717, 1.165) is 17.4 Å². The first-order valence-corrected chi connectivity index (χ1v) is 7.14. The molecule has 0 aliphatic rings. The molecule has 1 aromatic carbocycles. The van der Waals surface area contributed by atoms with Crippen LogP contribution in [0.2, 0.25) is 0 Å². The quantitative estimate of drug-likeness (QED) is 0.407. The van der Waals surface area contributed by atoms with Crippen LogP contribution in [-0.4, -0.2) is 43.2 Å². The number of H-pyrrole nitrogens is 1. The van der Waals surface area contributed by atoms with Gasteiger partial charge in [-0.05, 0) is 35.0 Å². The highest BCUT2D eigenvalue weighted by atomic mass is 16.5. The lowest BCUT2D eigenvalue weighted by Crippen LogP contribution is -2.08. The third-order valence-corrected chi connectivity index (χ3v) is 3.44. The molecule has 3 aromatic rings. The summed E-state index contributed by atoms with van der Waals surface area (Å²) in [5.41, 5.74) is 1.47. The van der Waals surface area contributed by atoms with Crippen LogP contribution in [0.15, 0.2) is 48.7 Å². The van der Waals surface area contributed by atoms with Crippen LogP contribution in [0, 0.1) is 0 Å². The number of aliphatic hydroxyl groups is 1. The lowest BCUT2D eigenvalue weighted by molar-refractivity contribution is 0.103. The standard InChI is InChI=1S/C16H15N5O3/c1-24-12-6-4-11(5-7-12)10-21-8-2-3-13(21)14(22)9-15(23)16-17-19-20-18-16/h2-9,23H,10H2,1H3,(H,17,18,19,20). The second kappa shape index (κ2) is 6.78. The zero-order valence-corrected chi connectivity index (χ0v) is 12.9. The molecule has 0 atom stereocenters. The number of nitrogens with zero attached hydrogens (tertiary/aromatic N) is 4. The number of ether oxygens (including phenoxy) is 1. The highest BCUT2D eigenvalue weighted by molar-refractivity contribution is 6.06. The van der Waals surface area contributed by atoms with Crippen molar-refractivity contribution in [3.05, 3.63) is 65.8 Å². The number of hydrogen-bond acceptors (Lipinski definition) is 6. The summed E-state index contributed by atoms with van der Waals surface area (Å²) < 4.78 is 6.93. The molecule has 0 spiro atoms. The Morgan fingerprint density at radius 2 is 2.12 bits per heavy atom. The predicted octanol–water partition coefficient (Wildman–Crippen LogP) is 1.84. The molecule has 2 heterocycles. The largest absolute Gasteiger partial charge is 0.504 e.